The van der Waals surface area contributed by atoms with Crippen molar-refractivity contribution in [3.05, 3.63) is 96.1 Å². The second-order valence-electron chi connectivity index (χ2n) is 9.23. The lowest BCUT2D eigenvalue weighted by Crippen LogP contribution is -2.20. The maximum atomic E-state index is 12.8. The van der Waals surface area contributed by atoms with Crippen molar-refractivity contribution in [3.63, 3.8) is 0 Å². The summed E-state index contributed by atoms with van der Waals surface area (Å²) in [6.07, 6.45) is 0. The highest BCUT2D eigenvalue weighted by molar-refractivity contribution is 7.92. The summed E-state index contributed by atoms with van der Waals surface area (Å²) in [5, 5.41) is 5.12. The normalized spacial score (nSPS) is 11.6. The van der Waals surface area contributed by atoms with E-state index in [1.54, 1.807) is 25.1 Å². The van der Waals surface area contributed by atoms with Crippen molar-refractivity contribution in [1.82, 2.24) is 4.57 Å². The third-order valence-corrected chi connectivity index (χ3v) is 7.87. The zero-order valence-electron chi connectivity index (χ0n) is 21.5. The smallest absolute Gasteiger partial charge is 0.262 e. The molecule has 1 aromatic heterocycles. The van der Waals surface area contributed by atoms with E-state index >= 15 is 0 Å². The van der Waals surface area contributed by atoms with Crippen LogP contribution in [-0.2, 0) is 21.4 Å². The first-order valence-electron chi connectivity index (χ1n) is 12.4. The summed E-state index contributed by atoms with van der Waals surface area (Å²) in [7, 11) is -3.76. The first-order valence-corrected chi connectivity index (χ1v) is 13.9. The van der Waals surface area contributed by atoms with Gasteiger partial charge in [-0.05, 0) is 80.9 Å². The maximum absolute atomic E-state index is 12.8. The molecule has 0 aliphatic heterocycles. The molecule has 0 unspecified atom stereocenters. The molecule has 0 atom stereocenters. The summed E-state index contributed by atoms with van der Waals surface area (Å²) in [5.41, 5.74) is 5.10. The van der Waals surface area contributed by atoms with Crippen molar-refractivity contribution in [2.24, 2.45) is 0 Å². The fraction of sp³-hybridized carbons (Fsp3) is 0.167. The van der Waals surface area contributed by atoms with Gasteiger partial charge in [0, 0.05) is 39.7 Å². The van der Waals surface area contributed by atoms with Gasteiger partial charge in [0.1, 0.15) is 5.75 Å². The fourth-order valence-corrected chi connectivity index (χ4v) is 5.74. The summed E-state index contributed by atoms with van der Waals surface area (Å²) in [5.74, 6) is 0.136. The topological polar surface area (TPSA) is 89.4 Å². The number of anilines is 2. The molecule has 5 rings (SSSR count). The third kappa shape index (κ3) is 5.08. The van der Waals surface area contributed by atoms with Gasteiger partial charge < -0.3 is 14.6 Å². The molecule has 5 aromatic rings. The van der Waals surface area contributed by atoms with Crippen LogP contribution in [0.25, 0.3) is 21.8 Å². The van der Waals surface area contributed by atoms with Gasteiger partial charge in [0.05, 0.1) is 4.90 Å². The average Bonchev–Trinajstić information content (AvgIpc) is 3.22. The molecule has 0 saturated carbocycles. The number of hydrogen-bond acceptors (Lipinski definition) is 4. The molecule has 0 aliphatic carbocycles. The highest BCUT2D eigenvalue weighted by Gasteiger charge is 2.17. The average molecular weight is 528 g/mol. The zero-order chi connectivity index (χ0) is 26.9. The van der Waals surface area contributed by atoms with Gasteiger partial charge in [-0.2, -0.15) is 0 Å². The highest BCUT2D eigenvalue weighted by atomic mass is 32.2. The van der Waals surface area contributed by atoms with Crippen molar-refractivity contribution in [3.8, 4) is 5.75 Å². The second-order valence-corrected chi connectivity index (χ2v) is 10.9. The highest BCUT2D eigenvalue weighted by Crippen LogP contribution is 2.31. The number of sulfonamides is 1. The van der Waals surface area contributed by atoms with Gasteiger partial charge in [-0.25, -0.2) is 8.42 Å². The number of nitrogens with one attached hydrogen (secondary N) is 2. The summed E-state index contributed by atoms with van der Waals surface area (Å²) >= 11 is 0. The van der Waals surface area contributed by atoms with Crippen molar-refractivity contribution in [1.29, 1.82) is 0 Å². The minimum atomic E-state index is -3.76. The Labute approximate surface area is 222 Å². The minimum absolute atomic E-state index is 0.118. The Morgan fingerprint density at radius 2 is 1.55 bits per heavy atom. The lowest BCUT2D eigenvalue weighted by Gasteiger charge is -2.13. The SMILES string of the molecule is CCn1c2ccccc2c2cc(NC(=O)COc3ccc(S(=O)(=O)Nc4ccc(C)cc4)cc3C)ccc21. The molecule has 0 spiro atoms. The van der Waals surface area contributed by atoms with Crippen molar-refractivity contribution in [2.45, 2.75) is 32.2 Å². The Hall–Kier alpha value is -4.30. The molecule has 2 N–H and O–H groups in total. The van der Waals surface area contributed by atoms with E-state index in [2.05, 4.69) is 33.7 Å². The zero-order valence-corrected chi connectivity index (χ0v) is 22.3. The van der Waals surface area contributed by atoms with Gasteiger partial charge in [-0.15, -0.1) is 0 Å². The predicted molar refractivity (Wildman–Crippen MR) is 152 cm³/mol. The van der Waals surface area contributed by atoms with Crippen molar-refractivity contribution in [2.75, 3.05) is 16.6 Å². The Balaban J connectivity index is 1.26. The molecular weight excluding hydrogens is 498 g/mol. The van der Waals surface area contributed by atoms with Gasteiger partial charge in [0.25, 0.3) is 15.9 Å². The van der Waals surface area contributed by atoms with Crippen LogP contribution in [0.5, 0.6) is 5.75 Å². The Morgan fingerprint density at radius 1 is 0.842 bits per heavy atom. The van der Waals surface area contributed by atoms with Crippen LogP contribution in [0.2, 0.25) is 0 Å². The lowest BCUT2D eigenvalue weighted by atomic mass is 10.1. The lowest BCUT2D eigenvalue weighted by molar-refractivity contribution is -0.118. The number of fused-ring (bicyclic) bond motifs is 3. The molecule has 0 fully saturated rings. The molecule has 0 aliphatic rings. The number of benzene rings is 4. The van der Waals surface area contributed by atoms with Gasteiger partial charge >= 0.3 is 0 Å². The van der Waals surface area contributed by atoms with E-state index in [1.165, 1.54) is 12.1 Å². The van der Waals surface area contributed by atoms with E-state index in [-0.39, 0.29) is 17.4 Å². The van der Waals surface area contributed by atoms with Crippen molar-refractivity contribution >= 4 is 49.1 Å². The molecule has 8 heteroatoms. The van der Waals surface area contributed by atoms with E-state index in [0.29, 0.717) is 22.7 Å². The number of carbonyl (C=O) groups is 1. The van der Waals surface area contributed by atoms with E-state index in [0.717, 1.165) is 33.9 Å². The van der Waals surface area contributed by atoms with E-state index in [1.807, 2.05) is 49.4 Å². The molecular formula is C30H29N3O4S. The fourth-order valence-electron chi connectivity index (χ4n) is 4.60. The molecule has 0 radical (unpaired) electrons. The Morgan fingerprint density at radius 3 is 2.29 bits per heavy atom. The number of ether oxygens (including phenoxy) is 1. The number of rotatable bonds is 8. The van der Waals surface area contributed by atoms with Crippen molar-refractivity contribution < 1.29 is 17.9 Å². The number of amides is 1. The summed E-state index contributed by atoms with van der Waals surface area (Å²) in [4.78, 5) is 12.8. The van der Waals surface area contributed by atoms with Crippen LogP contribution in [-0.4, -0.2) is 25.5 Å². The summed E-state index contributed by atoms with van der Waals surface area (Å²) < 4.78 is 36.1. The van der Waals surface area contributed by atoms with Crippen LogP contribution in [0.3, 0.4) is 0 Å². The number of carbonyl (C=O) groups excluding carboxylic acids is 1. The first-order chi connectivity index (χ1) is 18.2. The van der Waals surface area contributed by atoms with Gasteiger partial charge in [0.2, 0.25) is 0 Å². The number of hydrogen-bond donors (Lipinski definition) is 2. The largest absolute Gasteiger partial charge is 0.483 e. The molecule has 38 heavy (non-hydrogen) atoms. The Bertz CT molecular complexity index is 1760. The molecule has 0 bridgehead atoms. The molecule has 4 aromatic carbocycles. The van der Waals surface area contributed by atoms with E-state index in [9.17, 15) is 13.2 Å². The standard InChI is InChI=1S/C30H29N3O4S/c1-4-33-27-8-6-5-7-25(27)26-18-23(13-15-28(26)33)31-30(34)19-37-29-16-14-24(17-21(29)3)38(35,36)32-22-11-9-20(2)10-12-22/h5-18,32H,4,19H2,1-3H3,(H,31,34). The second kappa shape index (κ2) is 10.2. The number of nitrogens with zero attached hydrogens (tertiary/aromatic N) is 1. The van der Waals surface area contributed by atoms with Crippen LogP contribution in [0.4, 0.5) is 11.4 Å². The quantitative estimate of drug-likeness (QED) is 0.250. The van der Waals surface area contributed by atoms with Crippen LogP contribution in [0, 0.1) is 13.8 Å². The first kappa shape index (κ1) is 25.4. The molecule has 1 amide bonds. The number of para-hydroxylation sites is 1. The van der Waals surface area contributed by atoms with E-state index < -0.39 is 10.0 Å². The van der Waals surface area contributed by atoms with Gasteiger partial charge in [0.15, 0.2) is 6.61 Å². The van der Waals surface area contributed by atoms with Gasteiger partial charge in [-0.1, -0.05) is 35.9 Å². The summed E-state index contributed by atoms with van der Waals surface area (Å²) in [6, 6.07) is 25.8. The number of aryl methyl sites for hydroxylation is 3. The molecule has 0 saturated heterocycles. The molecule has 7 nitrogen and oxygen atoms in total. The van der Waals surface area contributed by atoms with Crippen LogP contribution < -0.4 is 14.8 Å². The minimum Gasteiger partial charge on any atom is -0.483 e. The Kier molecular flexibility index (Phi) is 6.82. The number of aromatic nitrogens is 1. The summed E-state index contributed by atoms with van der Waals surface area (Å²) in [6.45, 7) is 6.44. The predicted octanol–water partition coefficient (Wildman–Crippen LogP) is 6.25. The third-order valence-electron chi connectivity index (χ3n) is 6.49. The van der Waals surface area contributed by atoms with Crippen LogP contribution >= 0.6 is 0 Å². The van der Waals surface area contributed by atoms with Gasteiger partial charge in [-0.3, -0.25) is 9.52 Å². The maximum Gasteiger partial charge on any atom is 0.262 e. The van der Waals surface area contributed by atoms with Crippen LogP contribution in [0.1, 0.15) is 18.1 Å². The molecule has 194 valence electrons. The van der Waals surface area contributed by atoms with Crippen LogP contribution in [0.15, 0.2) is 89.8 Å². The van der Waals surface area contributed by atoms with E-state index in [4.69, 9.17) is 4.74 Å². The monoisotopic (exact) mass is 527 g/mol. The molecule has 1 heterocycles.